The van der Waals surface area contributed by atoms with Gasteiger partial charge >= 0.3 is 5.97 Å². The summed E-state index contributed by atoms with van der Waals surface area (Å²) in [5.41, 5.74) is 1.89. The largest absolute Gasteiger partial charge is 0.467 e. The van der Waals surface area contributed by atoms with E-state index in [1.54, 1.807) is 0 Å². The zero-order chi connectivity index (χ0) is 12.4. The monoisotopic (exact) mass is 253 g/mol. The molecule has 1 aliphatic carbocycles. The van der Waals surface area contributed by atoms with Gasteiger partial charge in [-0.3, -0.25) is 0 Å². The van der Waals surface area contributed by atoms with Gasteiger partial charge in [0, 0.05) is 10.7 Å². The van der Waals surface area contributed by atoms with Crippen molar-refractivity contribution in [2.24, 2.45) is 5.92 Å². The predicted octanol–water partition coefficient (Wildman–Crippen LogP) is 3.01. The summed E-state index contributed by atoms with van der Waals surface area (Å²) < 4.78 is 4.81. The van der Waals surface area contributed by atoms with Crippen molar-refractivity contribution in [3.8, 4) is 0 Å². The number of methoxy groups -OCH3 is 1. The van der Waals surface area contributed by atoms with Gasteiger partial charge in [-0.15, -0.1) is 0 Å². The fourth-order valence-corrected chi connectivity index (χ4v) is 1.97. The normalized spacial score (nSPS) is 16.4. The van der Waals surface area contributed by atoms with Gasteiger partial charge in [-0.1, -0.05) is 17.7 Å². The molecule has 1 saturated carbocycles. The maximum atomic E-state index is 11.6. The van der Waals surface area contributed by atoms with Crippen molar-refractivity contribution in [2.45, 2.75) is 25.8 Å². The molecular weight excluding hydrogens is 238 g/mol. The smallest absolute Gasteiger partial charge is 0.328 e. The standard InChI is InChI=1S/C13H16ClNO2/c1-8-3-6-10(7-11(8)14)15-12(9-4-5-9)13(16)17-2/h3,6-7,9,12,15H,4-5H2,1-2H3. The first kappa shape index (κ1) is 12.2. The summed E-state index contributed by atoms with van der Waals surface area (Å²) in [7, 11) is 1.42. The zero-order valence-electron chi connectivity index (χ0n) is 10.00. The van der Waals surface area contributed by atoms with E-state index in [0.717, 1.165) is 24.1 Å². The van der Waals surface area contributed by atoms with Gasteiger partial charge < -0.3 is 10.1 Å². The van der Waals surface area contributed by atoms with Gasteiger partial charge in [0.15, 0.2) is 0 Å². The molecule has 4 heteroatoms. The predicted molar refractivity (Wildman–Crippen MR) is 68.3 cm³/mol. The molecule has 1 unspecified atom stereocenters. The number of anilines is 1. The van der Waals surface area contributed by atoms with Crippen molar-refractivity contribution in [2.75, 3.05) is 12.4 Å². The highest BCUT2D eigenvalue weighted by molar-refractivity contribution is 6.31. The van der Waals surface area contributed by atoms with Crippen LogP contribution in [0.1, 0.15) is 18.4 Å². The van der Waals surface area contributed by atoms with Crippen LogP contribution in [0.4, 0.5) is 5.69 Å². The number of carbonyl (C=O) groups is 1. The average molecular weight is 254 g/mol. The first-order valence-electron chi connectivity index (χ1n) is 5.72. The molecule has 17 heavy (non-hydrogen) atoms. The number of carbonyl (C=O) groups excluding carboxylic acids is 1. The fraction of sp³-hybridized carbons (Fsp3) is 0.462. The van der Waals surface area contributed by atoms with Crippen LogP contribution in [-0.2, 0) is 9.53 Å². The summed E-state index contributed by atoms with van der Waals surface area (Å²) in [5.74, 6) is 0.187. The lowest BCUT2D eigenvalue weighted by atomic mass is 10.1. The van der Waals surface area contributed by atoms with Gasteiger partial charge in [0.05, 0.1) is 7.11 Å². The molecule has 1 aromatic carbocycles. The van der Waals surface area contributed by atoms with Gasteiger partial charge in [0.1, 0.15) is 6.04 Å². The Morgan fingerprint density at radius 3 is 2.76 bits per heavy atom. The number of rotatable bonds is 4. The van der Waals surface area contributed by atoms with E-state index in [1.807, 2.05) is 25.1 Å². The molecule has 1 fully saturated rings. The summed E-state index contributed by atoms with van der Waals surface area (Å²) in [6.45, 7) is 1.95. The van der Waals surface area contributed by atoms with Gasteiger partial charge in [-0.25, -0.2) is 4.79 Å². The van der Waals surface area contributed by atoms with Crippen molar-refractivity contribution in [1.29, 1.82) is 0 Å². The Kier molecular flexibility index (Phi) is 3.57. The van der Waals surface area contributed by atoms with Crippen LogP contribution >= 0.6 is 11.6 Å². The van der Waals surface area contributed by atoms with Crippen LogP contribution in [0.25, 0.3) is 0 Å². The third-order valence-electron chi connectivity index (χ3n) is 3.04. The van der Waals surface area contributed by atoms with Crippen molar-refractivity contribution in [3.63, 3.8) is 0 Å². The quantitative estimate of drug-likeness (QED) is 0.839. The number of nitrogens with one attached hydrogen (secondary N) is 1. The second-order valence-corrected chi connectivity index (χ2v) is 4.85. The van der Waals surface area contributed by atoms with E-state index in [2.05, 4.69) is 5.32 Å². The summed E-state index contributed by atoms with van der Waals surface area (Å²) in [6, 6.07) is 5.46. The van der Waals surface area contributed by atoms with Crippen molar-refractivity contribution in [3.05, 3.63) is 28.8 Å². The van der Waals surface area contributed by atoms with E-state index < -0.39 is 0 Å². The number of ether oxygens (including phenoxy) is 1. The van der Waals surface area contributed by atoms with Crippen LogP contribution in [0.2, 0.25) is 5.02 Å². The maximum Gasteiger partial charge on any atom is 0.328 e. The minimum absolute atomic E-state index is 0.204. The van der Waals surface area contributed by atoms with Gasteiger partial charge in [0.2, 0.25) is 0 Å². The SMILES string of the molecule is COC(=O)C(Nc1ccc(C)c(Cl)c1)C1CC1. The molecule has 3 nitrogen and oxygen atoms in total. The number of halogens is 1. The molecule has 0 radical (unpaired) electrons. The van der Waals surface area contributed by atoms with Crippen LogP contribution < -0.4 is 5.32 Å². The van der Waals surface area contributed by atoms with E-state index >= 15 is 0 Å². The highest BCUT2D eigenvalue weighted by atomic mass is 35.5. The van der Waals surface area contributed by atoms with Gasteiger partial charge in [0.25, 0.3) is 0 Å². The van der Waals surface area contributed by atoms with Crippen LogP contribution in [-0.4, -0.2) is 19.1 Å². The van der Waals surface area contributed by atoms with Crippen LogP contribution in [0.5, 0.6) is 0 Å². The minimum Gasteiger partial charge on any atom is -0.467 e. The lowest BCUT2D eigenvalue weighted by Crippen LogP contribution is -2.32. The lowest BCUT2D eigenvalue weighted by molar-refractivity contribution is -0.142. The van der Waals surface area contributed by atoms with Gasteiger partial charge in [-0.2, -0.15) is 0 Å². The Balaban J connectivity index is 2.11. The summed E-state index contributed by atoms with van der Waals surface area (Å²) in [4.78, 5) is 11.6. The minimum atomic E-state index is -0.251. The first-order valence-corrected chi connectivity index (χ1v) is 6.10. The highest BCUT2D eigenvalue weighted by Crippen LogP contribution is 2.35. The Morgan fingerprint density at radius 2 is 2.24 bits per heavy atom. The van der Waals surface area contributed by atoms with E-state index in [0.29, 0.717) is 10.9 Å². The third-order valence-corrected chi connectivity index (χ3v) is 3.45. The van der Waals surface area contributed by atoms with Crippen LogP contribution in [0.3, 0.4) is 0 Å². The van der Waals surface area contributed by atoms with E-state index in [1.165, 1.54) is 7.11 Å². The first-order chi connectivity index (χ1) is 8.11. The fourth-order valence-electron chi connectivity index (χ4n) is 1.79. The molecule has 0 bridgehead atoms. The third kappa shape index (κ3) is 2.91. The molecule has 0 saturated heterocycles. The Labute approximate surface area is 106 Å². The molecule has 0 amide bonds. The van der Waals surface area contributed by atoms with Crippen molar-refractivity contribution in [1.82, 2.24) is 0 Å². The molecule has 1 aromatic rings. The highest BCUT2D eigenvalue weighted by Gasteiger charge is 2.36. The molecule has 0 heterocycles. The topological polar surface area (TPSA) is 38.3 Å². The Morgan fingerprint density at radius 1 is 1.53 bits per heavy atom. The molecule has 0 aromatic heterocycles. The molecular formula is C13H16ClNO2. The summed E-state index contributed by atoms with van der Waals surface area (Å²) in [6.07, 6.45) is 2.15. The molecule has 1 N–H and O–H groups in total. The number of hydrogen-bond acceptors (Lipinski definition) is 3. The van der Waals surface area contributed by atoms with Crippen molar-refractivity contribution < 1.29 is 9.53 Å². The second-order valence-electron chi connectivity index (χ2n) is 4.45. The number of aryl methyl sites for hydroxylation is 1. The Bertz CT molecular complexity index is 429. The van der Waals surface area contributed by atoms with Gasteiger partial charge in [-0.05, 0) is 43.4 Å². The molecule has 2 rings (SSSR count). The summed E-state index contributed by atoms with van der Waals surface area (Å²) >= 11 is 6.05. The molecule has 0 spiro atoms. The lowest BCUT2D eigenvalue weighted by Gasteiger charge is -2.17. The van der Waals surface area contributed by atoms with E-state index in [4.69, 9.17) is 16.3 Å². The van der Waals surface area contributed by atoms with Crippen molar-refractivity contribution >= 4 is 23.3 Å². The maximum absolute atomic E-state index is 11.6. The molecule has 1 atom stereocenters. The van der Waals surface area contributed by atoms with Crippen LogP contribution in [0.15, 0.2) is 18.2 Å². The number of benzene rings is 1. The average Bonchev–Trinajstić information content (AvgIpc) is 3.13. The number of hydrogen-bond donors (Lipinski definition) is 1. The van der Waals surface area contributed by atoms with E-state index in [9.17, 15) is 4.79 Å². The molecule has 1 aliphatic rings. The second kappa shape index (κ2) is 4.96. The Hall–Kier alpha value is -1.22. The van der Waals surface area contributed by atoms with E-state index in [-0.39, 0.29) is 12.0 Å². The van der Waals surface area contributed by atoms with Crippen LogP contribution in [0, 0.1) is 12.8 Å². The molecule has 0 aliphatic heterocycles. The molecule has 92 valence electrons. The summed E-state index contributed by atoms with van der Waals surface area (Å²) in [5, 5.41) is 3.90. The zero-order valence-corrected chi connectivity index (χ0v) is 10.8. The number of esters is 1.